The van der Waals surface area contributed by atoms with E-state index in [9.17, 15) is 13.2 Å². The van der Waals surface area contributed by atoms with Crippen LogP contribution in [0, 0.1) is 0 Å². The van der Waals surface area contributed by atoms with Crippen LogP contribution in [0.4, 0.5) is 0 Å². The molecule has 1 aliphatic heterocycles. The summed E-state index contributed by atoms with van der Waals surface area (Å²) in [4.78, 5) is 12.4. The molecule has 25 heavy (non-hydrogen) atoms. The van der Waals surface area contributed by atoms with E-state index in [4.69, 9.17) is 4.74 Å². The summed E-state index contributed by atoms with van der Waals surface area (Å²) in [5.74, 6) is -0.697. The van der Waals surface area contributed by atoms with Crippen LogP contribution in [0.15, 0.2) is 5.41 Å². The lowest BCUT2D eigenvalue weighted by molar-refractivity contribution is 0.0517. The molecule has 138 valence electrons. The van der Waals surface area contributed by atoms with Gasteiger partial charge in [0.25, 0.3) is 0 Å². The highest BCUT2D eigenvalue weighted by molar-refractivity contribution is 7.93. The summed E-state index contributed by atoms with van der Waals surface area (Å²) < 4.78 is 31.8. The van der Waals surface area contributed by atoms with Gasteiger partial charge in [-0.2, -0.15) is 5.10 Å². The average Bonchev–Trinajstić information content (AvgIpc) is 2.94. The average molecular weight is 366 g/mol. The fourth-order valence-electron chi connectivity index (χ4n) is 3.86. The number of sulfone groups is 1. The molecule has 7 heteroatoms. The maximum atomic E-state index is 12.4. The Bertz CT molecular complexity index is 786. The summed E-state index contributed by atoms with van der Waals surface area (Å²) >= 11 is 0. The third kappa shape index (κ3) is 3.66. The van der Waals surface area contributed by atoms with E-state index in [1.165, 1.54) is 11.8 Å². The largest absolute Gasteiger partial charge is 0.461 e. The molecule has 0 atom stereocenters. The zero-order valence-electron chi connectivity index (χ0n) is 15.0. The van der Waals surface area contributed by atoms with E-state index in [0.29, 0.717) is 12.0 Å². The quantitative estimate of drug-likeness (QED) is 0.744. The molecule has 6 nitrogen and oxygen atoms in total. The van der Waals surface area contributed by atoms with E-state index in [2.05, 4.69) is 5.10 Å². The third-order valence-corrected chi connectivity index (χ3v) is 6.22. The molecule has 0 amide bonds. The second-order valence-electron chi connectivity index (χ2n) is 6.83. The Morgan fingerprint density at radius 3 is 2.64 bits per heavy atom. The van der Waals surface area contributed by atoms with E-state index in [1.54, 1.807) is 6.92 Å². The van der Waals surface area contributed by atoms with Crippen molar-refractivity contribution in [2.45, 2.75) is 70.6 Å². The smallest absolute Gasteiger partial charge is 0.359 e. The van der Waals surface area contributed by atoms with Crippen LogP contribution in [-0.4, -0.2) is 30.8 Å². The Hall–Kier alpha value is -1.63. The fourth-order valence-corrected chi connectivity index (χ4v) is 5.28. The minimum Gasteiger partial charge on any atom is -0.461 e. The van der Waals surface area contributed by atoms with Crippen LogP contribution < -0.4 is 0 Å². The van der Waals surface area contributed by atoms with Crippen molar-refractivity contribution in [2.75, 3.05) is 6.61 Å². The topological polar surface area (TPSA) is 78.3 Å². The lowest BCUT2D eigenvalue weighted by Gasteiger charge is -2.26. The second kappa shape index (κ2) is 7.32. The fraction of sp³-hybridized carbons (Fsp3) is 0.667. The van der Waals surface area contributed by atoms with Gasteiger partial charge in [-0.05, 0) is 31.8 Å². The minimum atomic E-state index is -3.38. The van der Waals surface area contributed by atoms with E-state index in [1.807, 2.05) is 11.6 Å². The number of hydrogen-bond acceptors (Lipinski definition) is 5. The number of nitrogens with zero attached hydrogens (tertiary/aromatic N) is 2. The Kier molecular flexibility index (Phi) is 5.32. The Labute approximate surface area is 149 Å². The van der Waals surface area contributed by atoms with Gasteiger partial charge in [-0.1, -0.05) is 32.6 Å². The molecule has 0 unspecified atom stereocenters. The van der Waals surface area contributed by atoms with Crippen molar-refractivity contribution in [1.82, 2.24) is 9.78 Å². The van der Waals surface area contributed by atoms with Crippen LogP contribution in [-0.2, 0) is 20.3 Å². The van der Waals surface area contributed by atoms with Crippen molar-refractivity contribution in [3.63, 3.8) is 0 Å². The van der Waals surface area contributed by atoms with Gasteiger partial charge in [-0.15, -0.1) is 0 Å². The van der Waals surface area contributed by atoms with Gasteiger partial charge in [0, 0.05) is 11.0 Å². The molecule has 0 spiro atoms. The third-order valence-electron chi connectivity index (χ3n) is 4.89. The number of allylic oxidation sites excluding steroid dienone is 1. The predicted molar refractivity (Wildman–Crippen MR) is 95.8 cm³/mol. The van der Waals surface area contributed by atoms with Gasteiger partial charge >= 0.3 is 5.97 Å². The Morgan fingerprint density at radius 1 is 1.28 bits per heavy atom. The molecule has 0 bridgehead atoms. The molecular formula is C18H26N2O4S. The molecule has 1 fully saturated rings. The second-order valence-corrected chi connectivity index (χ2v) is 8.68. The SMILES string of the molecule is CCCC1=CS(=O)(=O)Cc2c(C(=O)OCC)nn(C3CCCCC3)c21. The maximum absolute atomic E-state index is 12.4. The van der Waals surface area contributed by atoms with Gasteiger partial charge in [0.05, 0.1) is 24.1 Å². The van der Waals surface area contributed by atoms with Crippen LogP contribution in [0.1, 0.15) is 86.6 Å². The zero-order chi connectivity index (χ0) is 18.0. The van der Waals surface area contributed by atoms with Crippen molar-refractivity contribution in [1.29, 1.82) is 0 Å². The monoisotopic (exact) mass is 366 g/mol. The number of fused-ring (bicyclic) bond motifs is 1. The molecule has 2 aliphatic rings. The Morgan fingerprint density at radius 2 is 2.00 bits per heavy atom. The minimum absolute atomic E-state index is 0.170. The molecule has 0 N–H and O–H groups in total. The molecular weight excluding hydrogens is 340 g/mol. The van der Waals surface area contributed by atoms with E-state index in [-0.39, 0.29) is 24.1 Å². The van der Waals surface area contributed by atoms with E-state index in [0.717, 1.165) is 43.4 Å². The normalized spacial score (nSPS) is 20.0. The summed E-state index contributed by atoms with van der Waals surface area (Å²) in [6.45, 7) is 4.01. The lowest BCUT2D eigenvalue weighted by atomic mass is 9.94. The molecule has 0 saturated heterocycles. The summed E-state index contributed by atoms with van der Waals surface area (Å²) in [5.41, 5.74) is 2.31. The highest BCUT2D eigenvalue weighted by Crippen LogP contribution is 2.38. The standard InChI is InChI=1S/C18H26N2O4S/c1-3-8-13-11-25(22,23)12-15-16(18(21)24-4-2)19-20(17(13)15)14-9-6-5-7-10-14/h11,14H,3-10,12H2,1-2H3. The molecule has 0 radical (unpaired) electrons. The number of carbonyl (C=O) groups excluding carboxylic acids is 1. The lowest BCUT2D eigenvalue weighted by Crippen LogP contribution is -2.19. The number of aromatic nitrogens is 2. The van der Waals surface area contributed by atoms with Crippen LogP contribution >= 0.6 is 0 Å². The summed E-state index contributed by atoms with van der Waals surface area (Å²) in [6.07, 6.45) is 7.03. The van der Waals surface area contributed by atoms with Gasteiger partial charge in [0.15, 0.2) is 15.5 Å². The molecule has 0 aromatic carbocycles. The zero-order valence-corrected chi connectivity index (χ0v) is 15.8. The number of carbonyl (C=O) groups is 1. The van der Waals surface area contributed by atoms with Crippen LogP contribution in [0.2, 0.25) is 0 Å². The Balaban J connectivity index is 2.15. The van der Waals surface area contributed by atoms with Gasteiger partial charge in [0.1, 0.15) is 0 Å². The highest BCUT2D eigenvalue weighted by atomic mass is 32.2. The summed E-state index contributed by atoms with van der Waals surface area (Å²) in [6, 6.07) is 0.228. The first-order chi connectivity index (χ1) is 12.0. The molecule has 1 aliphatic carbocycles. The number of hydrogen-bond donors (Lipinski definition) is 0. The van der Waals surface area contributed by atoms with E-state index < -0.39 is 15.8 Å². The first-order valence-corrected chi connectivity index (χ1v) is 10.9. The van der Waals surface area contributed by atoms with Crippen LogP contribution in [0.25, 0.3) is 5.57 Å². The van der Waals surface area contributed by atoms with Gasteiger partial charge in [0.2, 0.25) is 0 Å². The molecule has 1 saturated carbocycles. The number of rotatable bonds is 5. The summed E-state index contributed by atoms with van der Waals surface area (Å²) in [5, 5.41) is 5.95. The van der Waals surface area contributed by atoms with Crippen molar-refractivity contribution >= 4 is 21.4 Å². The molecule has 1 aromatic heterocycles. The molecule has 1 aromatic rings. The first-order valence-electron chi connectivity index (χ1n) is 9.19. The first kappa shape index (κ1) is 18.2. The van der Waals surface area contributed by atoms with Gasteiger partial charge in [-0.3, -0.25) is 4.68 Å². The summed E-state index contributed by atoms with van der Waals surface area (Å²) in [7, 11) is -3.38. The predicted octanol–water partition coefficient (Wildman–Crippen LogP) is 3.63. The highest BCUT2D eigenvalue weighted by Gasteiger charge is 2.34. The van der Waals surface area contributed by atoms with Crippen LogP contribution in [0.3, 0.4) is 0 Å². The van der Waals surface area contributed by atoms with Gasteiger partial charge < -0.3 is 4.74 Å². The number of ether oxygens (including phenoxy) is 1. The maximum Gasteiger partial charge on any atom is 0.359 e. The van der Waals surface area contributed by atoms with Crippen molar-refractivity contribution in [3.8, 4) is 0 Å². The number of esters is 1. The van der Waals surface area contributed by atoms with Crippen LogP contribution in [0.5, 0.6) is 0 Å². The van der Waals surface area contributed by atoms with Gasteiger partial charge in [-0.25, -0.2) is 13.2 Å². The molecule has 2 heterocycles. The van der Waals surface area contributed by atoms with Crippen molar-refractivity contribution < 1.29 is 17.9 Å². The van der Waals surface area contributed by atoms with Crippen molar-refractivity contribution in [3.05, 3.63) is 22.4 Å². The van der Waals surface area contributed by atoms with E-state index >= 15 is 0 Å². The molecule has 3 rings (SSSR count). The van der Waals surface area contributed by atoms with Crippen molar-refractivity contribution in [2.24, 2.45) is 0 Å².